The van der Waals surface area contributed by atoms with E-state index in [1.54, 1.807) is 7.11 Å². The second-order valence-electron chi connectivity index (χ2n) is 5.48. The number of amides is 1. The van der Waals surface area contributed by atoms with Gasteiger partial charge in [0.25, 0.3) is 0 Å². The highest BCUT2D eigenvalue weighted by Crippen LogP contribution is 2.42. The van der Waals surface area contributed by atoms with Crippen LogP contribution in [0.3, 0.4) is 0 Å². The molecule has 0 aromatic heterocycles. The van der Waals surface area contributed by atoms with Crippen LogP contribution in [0.4, 0.5) is 0 Å². The predicted molar refractivity (Wildman–Crippen MR) is 66.8 cm³/mol. The van der Waals surface area contributed by atoms with Gasteiger partial charge >= 0.3 is 0 Å². The predicted octanol–water partition coefficient (Wildman–Crippen LogP) is 1.01. The Morgan fingerprint density at radius 2 is 2.24 bits per heavy atom. The van der Waals surface area contributed by atoms with Crippen LogP contribution in [0.2, 0.25) is 0 Å². The maximum absolute atomic E-state index is 11.8. The van der Waals surface area contributed by atoms with E-state index in [9.17, 15) is 4.79 Å². The Hall–Kier alpha value is -0.610. The summed E-state index contributed by atoms with van der Waals surface area (Å²) in [5, 5.41) is 2.94. The molecule has 98 valence electrons. The zero-order valence-corrected chi connectivity index (χ0v) is 11.2. The molecule has 2 rings (SSSR count). The Morgan fingerprint density at radius 1 is 1.53 bits per heavy atom. The molecule has 1 aliphatic carbocycles. The standard InChI is InChI=1S/C13H24N2O2/c1-4-11-12(16)14-7-8-15(11)9-13(2,17-3)10-5-6-10/h10-11H,4-9H2,1-3H3,(H,14,16). The number of methoxy groups -OCH3 is 1. The highest BCUT2D eigenvalue weighted by Gasteiger charge is 2.44. The Balaban J connectivity index is 2.02. The summed E-state index contributed by atoms with van der Waals surface area (Å²) in [4.78, 5) is 14.1. The lowest BCUT2D eigenvalue weighted by atomic mass is 9.97. The number of nitrogens with one attached hydrogen (secondary N) is 1. The molecule has 0 radical (unpaired) electrons. The average molecular weight is 240 g/mol. The molecule has 2 atom stereocenters. The largest absolute Gasteiger partial charge is 0.377 e. The molecule has 1 saturated carbocycles. The molecule has 1 amide bonds. The van der Waals surface area contributed by atoms with Crippen molar-refractivity contribution in [1.82, 2.24) is 10.2 Å². The van der Waals surface area contributed by atoms with Crippen LogP contribution < -0.4 is 5.32 Å². The molecule has 0 aromatic carbocycles. The van der Waals surface area contributed by atoms with Gasteiger partial charge in [-0.15, -0.1) is 0 Å². The summed E-state index contributed by atoms with van der Waals surface area (Å²) in [6.45, 7) is 6.84. The summed E-state index contributed by atoms with van der Waals surface area (Å²) in [6.07, 6.45) is 3.40. The van der Waals surface area contributed by atoms with E-state index < -0.39 is 0 Å². The van der Waals surface area contributed by atoms with E-state index in [1.165, 1.54) is 12.8 Å². The molecule has 2 aliphatic rings. The fourth-order valence-electron chi connectivity index (χ4n) is 2.85. The molecule has 0 spiro atoms. The number of nitrogens with zero attached hydrogens (tertiary/aromatic N) is 1. The van der Waals surface area contributed by atoms with E-state index in [4.69, 9.17) is 4.74 Å². The Morgan fingerprint density at radius 3 is 2.76 bits per heavy atom. The number of ether oxygens (including phenoxy) is 1. The summed E-state index contributed by atoms with van der Waals surface area (Å²) in [5.41, 5.74) is -0.0783. The third kappa shape index (κ3) is 2.63. The van der Waals surface area contributed by atoms with Gasteiger partial charge in [0.15, 0.2) is 0 Å². The lowest BCUT2D eigenvalue weighted by Crippen LogP contribution is -2.59. The first-order valence-corrected chi connectivity index (χ1v) is 6.67. The minimum Gasteiger partial charge on any atom is -0.377 e. The first-order chi connectivity index (χ1) is 8.10. The normalized spacial score (nSPS) is 29.8. The highest BCUT2D eigenvalue weighted by atomic mass is 16.5. The van der Waals surface area contributed by atoms with Crippen molar-refractivity contribution in [2.45, 2.75) is 44.8 Å². The van der Waals surface area contributed by atoms with Crippen molar-refractivity contribution in [2.24, 2.45) is 5.92 Å². The summed E-state index contributed by atoms with van der Waals surface area (Å²) in [5.74, 6) is 0.850. The molecule has 0 bridgehead atoms. The van der Waals surface area contributed by atoms with Crippen LogP contribution in [0.25, 0.3) is 0 Å². The molecular formula is C13H24N2O2. The Kier molecular flexibility index (Phi) is 3.73. The molecule has 2 fully saturated rings. The van der Waals surface area contributed by atoms with Crippen molar-refractivity contribution in [1.29, 1.82) is 0 Å². The van der Waals surface area contributed by atoms with Crippen molar-refractivity contribution in [2.75, 3.05) is 26.7 Å². The van der Waals surface area contributed by atoms with Gasteiger partial charge in [0.1, 0.15) is 0 Å². The van der Waals surface area contributed by atoms with Crippen LogP contribution in [0, 0.1) is 5.92 Å². The van der Waals surface area contributed by atoms with Gasteiger partial charge in [-0.2, -0.15) is 0 Å². The summed E-state index contributed by atoms with van der Waals surface area (Å²) < 4.78 is 5.72. The van der Waals surface area contributed by atoms with Crippen LogP contribution >= 0.6 is 0 Å². The smallest absolute Gasteiger partial charge is 0.237 e. The molecule has 4 heteroatoms. The molecule has 4 nitrogen and oxygen atoms in total. The van der Waals surface area contributed by atoms with Gasteiger partial charge in [-0.25, -0.2) is 0 Å². The van der Waals surface area contributed by atoms with Crippen molar-refractivity contribution in [3.05, 3.63) is 0 Å². The summed E-state index contributed by atoms with van der Waals surface area (Å²) in [7, 11) is 1.79. The minimum atomic E-state index is -0.0783. The Labute approximate surface area is 104 Å². The fraction of sp³-hybridized carbons (Fsp3) is 0.923. The molecular weight excluding hydrogens is 216 g/mol. The van der Waals surface area contributed by atoms with E-state index >= 15 is 0 Å². The number of hydrogen-bond acceptors (Lipinski definition) is 3. The van der Waals surface area contributed by atoms with Gasteiger partial charge in [-0.05, 0) is 32.1 Å². The molecule has 1 heterocycles. The maximum Gasteiger partial charge on any atom is 0.237 e. The van der Waals surface area contributed by atoms with Crippen molar-refractivity contribution in [3.63, 3.8) is 0 Å². The maximum atomic E-state index is 11.8. The second kappa shape index (κ2) is 4.94. The highest BCUT2D eigenvalue weighted by molar-refractivity contribution is 5.82. The second-order valence-corrected chi connectivity index (χ2v) is 5.48. The van der Waals surface area contributed by atoms with Gasteiger partial charge in [0.05, 0.1) is 11.6 Å². The minimum absolute atomic E-state index is 0.0250. The van der Waals surface area contributed by atoms with Gasteiger partial charge < -0.3 is 10.1 Å². The number of rotatable bonds is 5. The summed E-state index contributed by atoms with van der Waals surface area (Å²) in [6, 6.07) is 0.0250. The third-order valence-electron chi connectivity index (χ3n) is 4.25. The molecule has 1 aliphatic heterocycles. The van der Waals surface area contributed by atoms with Crippen LogP contribution in [0.5, 0.6) is 0 Å². The zero-order valence-electron chi connectivity index (χ0n) is 11.2. The van der Waals surface area contributed by atoms with Crippen LogP contribution in [-0.4, -0.2) is 49.2 Å². The molecule has 1 saturated heterocycles. The molecule has 2 unspecified atom stereocenters. The van der Waals surface area contributed by atoms with Crippen molar-refractivity contribution >= 4 is 5.91 Å². The van der Waals surface area contributed by atoms with Crippen molar-refractivity contribution in [3.8, 4) is 0 Å². The van der Waals surface area contributed by atoms with Crippen LogP contribution in [0.1, 0.15) is 33.1 Å². The number of carbonyl (C=O) groups is 1. The van der Waals surface area contributed by atoms with E-state index in [2.05, 4.69) is 24.1 Å². The lowest BCUT2D eigenvalue weighted by Gasteiger charge is -2.40. The first kappa shape index (κ1) is 12.8. The van der Waals surface area contributed by atoms with E-state index in [0.29, 0.717) is 5.92 Å². The molecule has 17 heavy (non-hydrogen) atoms. The van der Waals surface area contributed by atoms with E-state index in [-0.39, 0.29) is 17.6 Å². The fourth-order valence-corrected chi connectivity index (χ4v) is 2.85. The van der Waals surface area contributed by atoms with E-state index in [1.807, 2.05) is 0 Å². The van der Waals surface area contributed by atoms with Gasteiger partial charge in [-0.1, -0.05) is 6.92 Å². The first-order valence-electron chi connectivity index (χ1n) is 6.67. The van der Waals surface area contributed by atoms with Crippen LogP contribution in [0.15, 0.2) is 0 Å². The zero-order chi connectivity index (χ0) is 12.5. The number of piperazine rings is 1. The average Bonchev–Trinajstić information content (AvgIpc) is 3.13. The topological polar surface area (TPSA) is 41.6 Å². The van der Waals surface area contributed by atoms with Gasteiger partial charge in [-0.3, -0.25) is 9.69 Å². The lowest BCUT2D eigenvalue weighted by molar-refractivity contribution is -0.132. The van der Waals surface area contributed by atoms with Crippen molar-refractivity contribution < 1.29 is 9.53 Å². The van der Waals surface area contributed by atoms with E-state index in [0.717, 1.165) is 26.1 Å². The van der Waals surface area contributed by atoms with Gasteiger partial charge in [0, 0.05) is 26.7 Å². The number of hydrogen-bond donors (Lipinski definition) is 1. The Bertz CT molecular complexity index is 291. The molecule has 1 N–H and O–H groups in total. The SMILES string of the molecule is CCC1C(=O)NCCN1CC(C)(OC)C1CC1. The monoisotopic (exact) mass is 240 g/mol. The third-order valence-corrected chi connectivity index (χ3v) is 4.25. The van der Waals surface area contributed by atoms with Gasteiger partial charge in [0.2, 0.25) is 5.91 Å². The summed E-state index contributed by atoms with van der Waals surface area (Å²) >= 11 is 0. The van der Waals surface area contributed by atoms with Crippen LogP contribution in [-0.2, 0) is 9.53 Å². The number of carbonyl (C=O) groups excluding carboxylic acids is 1. The molecule has 0 aromatic rings. The quantitative estimate of drug-likeness (QED) is 0.780.